The molecule has 0 aromatic carbocycles. The first-order valence-corrected chi connectivity index (χ1v) is 5.76. The SMILES string of the molecule is CCC1=CC(F)(F)C(CC(=O)O)CCCC1. The highest BCUT2D eigenvalue weighted by Crippen LogP contribution is 2.37. The molecule has 0 amide bonds. The fraction of sp³-hybridized carbons (Fsp3) is 0.750. The molecular weight excluding hydrogens is 214 g/mol. The first kappa shape index (κ1) is 13.1. The quantitative estimate of drug-likeness (QED) is 0.754. The second-order valence-corrected chi connectivity index (χ2v) is 4.37. The Labute approximate surface area is 94.3 Å². The second-order valence-electron chi connectivity index (χ2n) is 4.37. The van der Waals surface area contributed by atoms with Crippen molar-refractivity contribution >= 4 is 5.97 Å². The molecule has 1 unspecified atom stereocenters. The molecule has 2 nitrogen and oxygen atoms in total. The van der Waals surface area contributed by atoms with E-state index in [1.807, 2.05) is 6.92 Å². The number of rotatable bonds is 3. The van der Waals surface area contributed by atoms with Crippen molar-refractivity contribution in [2.24, 2.45) is 5.92 Å². The van der Waals surface area contributed by atoms with Gasteiger partial charge in [-0.1, -0.05) is 18.9 Å². The highest BCUT2D eigenvalue weighted by atomic mass is 19.3. The van der Waals surface area contributed by atoms with Gasteiger partial charge >= 0.3 is 5.97 Å². The van der Waals surface area contributed by atoms with Crippen LogP contribution in [0.15, 0.2) is 11.6 Å². The largest absolute Gasteiger partial charge is 0.481 e. The molecule has 0 aliphatic heterocycles. The fourth-order valence-electron chi connectivity index (χ4n) is 2.13. The monoisotopic (exact) mass is 232 g/mol. The summed E-state index contributed by atoms with van der Waals surface area (Å²) in [4.78, 5) is 10.6. The van der Waals surface area contributed by atoms with E-state index >= 15 is 0 Å². The average molecular weight is 232 g/mol. The maximum absolute atomic E-state index is 13.8. The predicted molar refractivity (Wildman–Crippen MR) is 57.5 cm³/mol. The second kappa shape index (κ2) is 5.41. The molecule has 0 spiro atoms. The molecule has 0 saturated heterocycles. The van der Waals surface area contributed by atoms with Crippen molar-refractivity contribution < 1.29 is 18.7 Å². The zero-order valence-corrected chi connectivity index (χ0v) is 9.51. The Morgan fingerprint density at radius 2 is 2.25 bits per heavy atom. The van der Waals surface area contributed by atoms with Crippen LogP contribution in [0.4, 0.5) is 8.78 Å². The van der Waals surface area contributed by atoms with Crippen LogP contribution >= 0.6 is 0 Å². The van der Waals surface area contributed by atoms with E-state index in [4.69, 9.17) is 5.11 Å². The van der Waals surface area contributed by atoms with Crippen LogP contribution in [0.2, 0.25) is 0 Å². The molecule has 1 aliphatic carbocycles. The molecule has 0 aromatic rings. The Kier molecular flexibility index (Phi) is 4.44. The lowest BCUT2D eigenvalue weighted by molar-refractivity contribution is -0.141. The van der Waals surface area contributed by atoms with Crippen LogP contribution < -0.4 is 0 Å². The number of aliphatic carboxylic acids is 1. The van der Waals surface area contributed by atoms with Gasteiger partial charge in [0.15, 0.2) is 0 Å². The van der Waals surface area contributed by atoms with Gasteiger partial charge in [-0.15, -0.1) is 0 Å². The number of alkyl halides is 2. The van der Waals surface area contributed by atoms with Crippen LogP contribution in [0.5, 0.6) is 0 Å². The fourth-order valence-corrected chi connectivity index (χ4v) is 2.13. The Hall–Kier alpha value is -0.930. The van der Waals surface area contributed by atoms with Gasteiger partial charge < -0.3 is 5.11 Å². The lowest BCUT2D eigenvalue weighted by Crippen LogP contribution is -2.29. The normalized spacial score (nSPS) is 25.4. The van der Waals surface area contributed by atoms with Crippen LogP contribution in [0.3, 0.4) is 0 Å². The number of carboxylic acid groups (broad SMARTS) is 1. The van der Waals surface area contributed by atoms with Crippen molar-refractivity contribution in [2.45, 2.75) is 51.4 Å². The molecule has 4 heteroatoms. The first-order chi connectivity index (χ1) is 7.45. The molecule has 1 atom stereocenters. The smallest absolute Gasteiger partial charge is 0.303 e. The topological polar surface area (TPSA) is 37.3 Å². The summed E-state index contributed by atoms with van der Waals surface area (Å²) in [6, 6.07) is 0. The molecule has 1 rings (SSSR count). The number of halogens is 2. The Morgan fingerprint density at radius 3 is 2.81 bits per heavy atom. The Bertz CT molecular complexity index is 285. The van der Waals surface area contributed by atoms with Gasteiger partial charge in [-0.25, -0.2) is 8.78 Å². The van der Waals surface area contributed by atoms with Gasteiger partial charge in [0.05, 0.1) is 6.42 Å². The van der Waals surface area contributed by atoms with Gasteiger partial charge in [-0.3, -0.25) is 4.79 Å². The summed E-state index contributed by atoms with van der Waals surface area (Å²) in [5, 5.41) is 8.63. The molecule has 0 heterocycles. The zero-order chi connectivity index (χ0) is 12.2. The van der Waals surface area contributed by atoms with Crippen LogP contribution in [-0.2, 0) is 4.79 Å². The molecule has 16 heavy (non-hydrogen) atoms. The Balaban J connectivity index is 2.86. The van der Waals surface area contributed by atoms with Crippen LogP contribution in [0.1, 0.15) is 45.4 Å². The maximum Gasteiger partial charge on any atom is 0.303 e. The third-order valence-electron chi connectivity index (χ3n) is 3.12. The first-order valence-electron chi connectivity index (χ1n) is 5.76. The molecule has 0 saturated carbocycles. The van der Waals surface area contributed by atoms with Gasteiger partial charge in [0.25, 0.3) is 5.92 Å². The van der Waals surface area contributed by atoms with Gasteiger partial charge in [0.2, 0.25) is 0 Å². The molecule has 0 radical (unpaired) electrons. The van der Waals surface area contributed by atoms with Crippen LogP contribution in [0.25, 0.3) is 0 Å². The standard InChI is InChI=1S/C12H18F2O2/c1-2-9-5-3-4-6-10(7-11(15)16)12(13,14)8-9/h8,10H,2-7H2,1H3,(H,15,16). The summed E-state index contributed by atoms with van der Waals surface area (Å²) < 4.78 is 27.5. The highest BCUT2D eigenvalue weighted by Gasteiger charge is 2.39. The third-order valence-corrected chi connectivity index (χ3v) is 3.12. The minimum atomic E-state index is -2.97. The summed E-state index contributed by atoms with van der Waals surface area (Å²) in [6.07, 6.45) is 3.76. The van der Waals surface area contributed by atoms with Crippen molar-refractivity contribution in [2.75, 3.05) is 0 Å². The third kappa shape index (κ3) is 3.58. The molecule has 0 fully saturated rings. The molecular formula is C12H18F2O2. The van der Waals surface area contributed by atoms with Crippen molar-refractivity contribution in [1.82, 2.24) is 0 Å². The number of hydrogen-bond donors (Lipinski definition) is 1. The van der Waals surface area contributed by atoms with E-state index in [9.17, 15) is 13.6 Å². The zero-order valence-electron chi connectivity index (χ0n) is 9.51. The Morgan fingerprint density at radius 1 is 1.56 bits per heavy atom. The number of carbonyl (C=O) groups is 1. The van der Waals surface area contributed by atoms with E-state index in [2.05, 4.69) is 0 Å². The van der Waals surface area contributed by atoms with Crippen molar-refractivity contribution in [3.63, 3.8) is 0 Å². The number of allylic oxidation sites excluding steroid dienone is 2. The average Bonchev–Trinajstić information content (AvgIpc) is 2.17. The maximum atomic E-state index is 13.8. The molecule has 0 bridgehead atoms. The van der Waals surface area contributed by atoms with Crippen LogP contribution in [-0.4, -0.2) is 17.0 Å². The van der Waals surface area contributed by atoms with Gasteiger partial charge in [0, 0.05) is 5.92 Å². The number of carboxylic acids is 1. The van der Waals surface area contributed by atoms with Gasteiger partial charge in [-0.05, 0) is 31.8 Å². The molecule has 1 N–H and O–H groups in total. The summed E-state index contributed by atoms with van der Waals surface area (Å²) in [7, 11) is 0. The summed E-state index contributed by atoms with van der Waals surface area (Å²) >= 11 is 0. The van der Waals surface area contributed by atoms with Crippen molar-refractivity contribution in [3.8, 4) is 0 Å². The van der Waals surface area contributed by atoms with E-state index in [-0.39, 0.29) is 0 Å². The number of hydrogen-bond acceptors (Lipinski definition) is 1. The van der Waals surface area contributed by atoms with E-state index < -0.39 is 24.2 Å². The highest BCUT2D eigenvalue weighted by molar-refractivity contribution is 5.67. The predicted octanol–water partition coefficient (Wildman–Crippen LogP) is 3.62. The molecule has 1 aliphatic rings. The van der Waals surface area contributed by atoms with E-state index in [0.717, 1.165) is 18.1 Å². The van der Waals surface area contributed by atoms with E-state index in [1.54, 1.807) is 0 Å². The van der Waals surface area contributed by atoms with Crippen molar-refractivity contribution in [1.29, 1.82) is 0 Å². The lowest BCUT2D eigenvalue weighted by atomic mass is 9.86. The van der Waals surface area contributed by atoms with E-state index in [1.165, 1.54) is 0 Å². The summed E-state index contributed by atoms with van der Waals surface area (Å²) in [6.45, 7) is 1.86. The van der Waals surface area contributed by atoms with Gasteiger partial charge in [0.1, 0.15) is 0 Å². The summed E-state index contributed by atoms with van der Waals surface area (Å²) in [5.74, 6) is -5.16. The van der Waals surface area contributed by atoms with E-state index in [0.29, 0.717) is 25.7 Å². The minimum absolute atomic E-state index is 0.298. The lowest BCUT2D eigenvalue weighted by Gasteiger charge is -2.26. The minimum Gasteiger partial charge on any atom is -0.481 e. The van der Waals surface area contributed by atoms with Crippen LogP contribution in [0, 0.1) is 5.92 Å². The van der Waals surface area contributed by atoms with Crippen molar-refractivity contribution in [3.05, 3.63) is 11.6 Å². The van der Waals surface area contributed by atoms with Gasteiger partial charge in [-0.2, -0.15) is 0 Å². The summed E-state index contributed by atoms with van der Waals surface area (Å²) in [5.41, 5.74) is 0.750. The molecule has 0 aromatic heterocycles. The molecule has 92 valence electrons.